The second-order valence-corrected chi connectivity index (χ2v) is 6.03. The first-order valence-corrected chi connectivity index (χ1v) is 8.02. The van der Waals surface area contributed by atoms with Gasteiger partial charge < -0.3 is 15.0 Å². The number of nitriles is 1. The third kappa shape index (κ3) is 4.25. The summed E-state index contributed by atoms with van der Waals surface area (Å²) in [5.74, 6) is -0.0989. The van der Waals surface area contributed by atoms with Crippen LogP contribution in [0.3, 0.4) is 0 Å². The van der Waals surface area contributed by atoms with E-state index in [9.17, 15) is 23.6 Å². The maximum Gasteiger partial charge on any atom is 1.00 e. The fourth-order valence-corrected chi connectivity index (χ4v) is 3.04. The summed E-state index contributed by atoms with van der Waals surface area (Å²) >= 11 is 0. The molecule has 0 spiro atoms. The van der Waals surface area contributed by atoms with E-state index in [1.165, 1.54) is 39.5 Å². The number of hydrogen-bond acceptors (Lipinski definition) is 5. The number of alkyl halides is 2. The molecule has 0 unspecified atom stereocenters. The van der Waals surface area contributed by atoms with E-state index in [4.69, 9.17) is 0 Å². The largest absolute Gasteiger partial charge is 1.00 e. The quantitative estimate of drug-likeness (QED) is 0.452. The average Bonchev–Trinajstić information content (AvgIpc) is 2.92. The molecular weight excluding hydrogens is 379 g/mol. The second-order valence-electron chi connectivity index (χ2n) is 6.03. The first-order valence-electron chi connectivity index (χ1n) is 8.02. The van der Waals surface area contributed by atoms with E-state index in [1.54, 1.807) is 26.2 Å². The summed E-state index contributed by atoms with van der Waals surface area (Å²) in [6.07, 6.45) is 1.70. The molecule has 0 aliphatic carbocycles. The van der Waals surface area contributed by atoms with Gasteiger partial charge in [0.25, 0.3) is 0 Å². The van der Waals surface area contributed by atoms with Crippen LogP contribution >= 0.6 is 0 Å². The zero-order chi connectivity index (χ0) is 19.7. The van der Waals surface area contributed by atoms with Crippen LogP contribution in [-0.2, 0) is 4.79 Å². The van der Waals surface area contributed by atoms with Gasteiger partial charge in [-0.2, -0.15) is 14.8 Å². The predicted molar refractivity (Wildman–Crippen MR) is 96.0 cm³/mol. The Morgan fingerprint density at radius 3 is 2.45 bits per heavy atom. The fraction of sp³-hybridized carbons (Fsp3) is 0.211. The van der Waals surface area contributed by atoms with Gasteiger partial charge in [-0.3, -0.25) is 9.13 Å². The molecule has 0 aliphatic heterocycles. The maximum atomic E-state index is 13.1. The van der Waals surface area contributed by atoms with Gasteiger partial charge in [0.1, 0.15) is 5.75 Å². The van der Waals surface area contributed by atoms with Crippen LogP contribution in [-0.4, -0.2) is 27.5 Å². The number of halogens is 2. The first-order chi connectivity index (χ1) is 12.9. The molecule has 0 saturated carbocycles. The zero-order valence-corrected chi connectivity index (χ0v) is 15.9. The molecular formula is C19H15F2LiN3O4-. The number of rotatable bonds is 5. The molecule has 0 radical (unpaired) electrons. The molecule has 0 atom stereocenters. The van der Waals surface area contributed by atoms with E-state index in [-0.39, 0.29) is 47.3 Å². The Hall–Kier alpha value is -2.91. The monoisotopic (exact) mass is 394 g/mol. The van der Waals surface area contributed by atoms with Gasteiger partial charge in [0.2, 0.25) is 0 Å². The van der Waals surface area contributed by atoms with Gasteiger partial charge in [0.05, 0.1) is 17.5 Å². The molecule has 0 saturated heterocycles. The molecule has 2 aromatic carbocycles. The number of carbonyl (C=O) groups excluding carboxylic acids is 1. The Balaban J connectivity index is 0.00000210. The minimum absolute atomic E-state index is 0. The van der Waals surface area contributed by atoms with Crippen LogP contribution in [0.4, 0.5) is 8.78 Å². The Bertz CT molecular complexity index is 1130. The average molecular weight is 394 g/mol. The molecule has 0 bridgehead atoms. The van der Waals surface area contributed by atoms with Crippen molar-refractivity contribution in [2.24, 2.45) is 0 Å². The molecule has 0 amide bonds. The number of imidazole rings is 1. The molecule has 1 aromatic heterocycles. The smallest absolute Gasteiger partial charge is 0.870 e. The van der Waals surface area contributed by atoms with Crippen LogP contribution in [0.1, 0.15) is 31.0 Å². The molecule has 0 aliphatic rings. The molecule has 7 nitrogen and oxygen atoms in total. The second kappa shape index (κ2) is 9.53. The van der Waals surface area contributed by atoms with E-state index in [1.807, 2.05) is 6.07 Å². The Labute approximate surface area is 176 Å². The Morgan fingerprint density at radius 1 is 1.21 bits per heavy atom. The standard InChI is InChI=1S/C19H14F2N3O3.Li.H2O/c1-11(2)23-17-15(9-22)12(10-25)6-7-16(17)24(19(23)26)13-4-3-5-14(8-13)27-18(20)21;;/h3-8,11,18H,1-2H3;;1H2/q-1;+1;/p-1. The summed E-state index contributed by atoms with van der Waals surface area (Å²) in [4.78, 5) is 24.2. The summed E-state index contributed by atoms with van der Waals surface area (Å²) in [7, 11) is 0. The molecule has 29 heavy (non-hydrogen) atoms. The van der Waals surface area contributed by atoms with Crippen molar-refractivity contribution in [2.75, 3.05) is 0 Å². The van der Waals surface area contributed by atoms with Gasteiger partial charge >= 0.3 is 31.2 Å². The number of aromatic nitrogens is 2. The summed E-state index contributed by atoms with van der Waals surface area (Å²) in [6.45, 7) is 0.532. The Morgan fingerprint density at radius 2 is 1.90 bits per heavy atom. The zero-order valence-electron chi connectivity index (χ0n) is 15.9. The third-order valence-corrected chi connectivity index (χ3v) is 4.07. The fourth-order valence-electron chi connectivity index (χ4n) is 3.04. The van der Waals surface area contributed by atoms with E-state index in [0.29, 0.717) is 16.7 Å². The number of ether oxygens (including phenoxy) is 1. The molecule has 1 heterocycles. The van der Waals surface area contributed by atoms with Crippen molar-refractivity contribution in [1.29, 1.82) is 5.26 Å². The number of hydrogen-bond donors (Lipinski definition) is 0. The SMILES string of the molecule is CC(C)n1c(=O)n(-c2cccc(OC(F)F)c2)c2ccc([C-]=O)c(C#N)c21.[Li+].[OH-]. The van der Waals surface area contributed by atoms with Crippen LogP contribution in [0.5, 0.6) is 5.75 Å². The number of fused-ring (bicyclic) bond motifs is 1. The van der Waals surface area contributed by atoms with Crippen LogP contribution < -0.4 is 29.3 Å². The summed E-state index contributed by atoms with van der Waals surface area (Å²) in [5, 5.41) is 9.51. The van der Waals surface area contributed by atoms with Crippen molar-refractivity contribution in [1.82, 2.24) is 9.13 Å². The van der Waals surface area contributed by atoms with Crippen molar-refractivity contribution in [3.8, 4) is 17.5 Å². The predicted octanol–water partition coefficient (Wildman–Crippen LogP) is 0.131. The molecule has 146 valence electrons. The van der Waals surface area contributed by atoms with Crippen LogP contribution in [0, 0.1) is 11.3 Å². The van der Waals surface area contributed by atoms with Gasteiger partial charge in [-0.15, -0.1) is 5.56 Å². The van der Waals surface area contributed by atoms with Crippen molar-refractivity contribution < 1.29 is 42.6 Å². The van der Waals surface area contributed by atoms with Crippen molar-refractivity contribution in [3.63, 3.8) is 0 Å². The van der Waals surface area contributed by atoms with Gasteiger partial charge in [0, 0.05) is 23.7 Å². The van der Waals surface area contributed by atoms with E-state index >= 15 is 0 Å². The number of benzene rings is 2. The minimum Gasteiger partial charge on any atom is -0.870 e. The van der Waals surface area contributed by atoms with Crippen LogP contribution in [0.25, 0.3) is 16.7 Å². The van der Waals surface area contributed by atoms with Gasteiger partial charge in [0.15, 0.2) is 0 Å². The van der Waals surface area contributed by atoms with Gasteiger partial charge in [-0.25, -0.2) is 10.1 Å². The Kier molecular flexibility index (Phi) is 7.93. The third-order valence-electron chi connectivity index (χ3n) is 4.07. The van der Waals surface area contributed by atoms with E-state index in [2.05, 4.69) is 4.74 Å². The maximum absolute atomic E-state index is 13.1. The van der Waals surface area contributed by atoms with E-state index in [0.717, 1.165) is 0 Å². The van der Waals surface area contributed by atoms with Gasteiger partial charge in [-0.1, -0.05) is 12.1 Å². The molecule has 3 rings (SSSR count). The van der Waals surface area contributed by atoms with Crippen molar-refractivity contribution in [2.45, 2.75) is 26.5 Å². The molecule has 1 N–H and O–H groups in total. The topological polar surface area (TPSA) is 107 Å². The van der Waals surface area contributed by atoms with E-state index < -0.39 is 12.3 Å². The molecule has 0 fully saturated rings. The summed E-state index contributed by atoms with van der Waals surface area (Å²) in [5.41, 5.74) is 0.582. The van der Waals surface area contributed by atoms with Crippen LogP contribution in [0.2, 0.25) is 0 Å². The summed E-state index contributed by atoms with van der Waals surface area (Å²) < 4.78 is 32.1. The van der Waals surface area contributed by atoms with Crippen molar-refractivity contribution in [3.05, 3.63) is 58.0 Å². The first kappa shape index (κ1) is 24.1. The molecule has 10 heteroatoms. The van der Waals surface area contributed by atoms with Crippen molar-refractivity contribution >= 4 is 17.3 Å². The number of nitrogens with zero attached hydrogens (tertiary/aromatic N) is 3. The van der Waals surface area contributed by atoms with Gasteiger partial charge in [-0.05, 0) is 31.5 Å². The minimum atomic E-state index is -3.00. The molecule has 3 aromatic rings. The normalized spacial score (nSPS) is 10.4. The van der Waals surface area contributed by atoms with Crippen LogP contribution in [0.15, 0.2) is 41.2 Å². The summed E-state index contributed by atoms with van der Waals surface area (Å²) in [6, 6.07) is 10.3.